The summed E-state index contributed by atoms with van der Waals surface area (Å²) in [6.45, 7) is 6.91. The summed E-state index contributed by atoms with van der Waals surface area (Å²) in [5, 5.41) is 3.26. The molecular weight excluding hydrogens is 269 g/mol. The van der Waals surface area contributed by atoms with Crippen molar-refractivity contribution < 1.29 is 9.18 Å². The SMILES string of the molecule is CC(CNCc1cc(C(N)=O)ccc1F)CN1CCCC1. The van der Waals surface area contributed by atoms with Gasteiger partial charge in [0, 0.05) is 24.2 Å². The molecule has 0 saturated carbocycles. The molecule has 1 atom stereocenters. The molecule has 21 heavy (non-hydrogen) atoms. The number of benzene rings is 1. The van der Waals surface area contributed by atoms with E-state index in [9.17, 15) is 9.18 Å². The van der Waals surface area contributed by atoms with Crippen LogP contribution in [-0.4, -0.2) is 37.0 Å². The Morgan fingerprint density at radius 2 is 2.14 bits per heavy atom. The second-order valence-corrected chi connectivity index (χ2v) is 5.91. The van der Waals surface area contributed by atoms with Crippen molar-refractivity contribution in [3.8, 4) is 0 Å². The first kappa shape index (κ1) is 15.9. The lowest BCUT2D eigenvalue weighted by molar-refractivity contribution is 0.1000. The molecule has 1 aliphatic rings. The lowest BCUT2D eigenvalue weighted by atomic mass is 10.1. The highest BCUT2D eigenvalue weighted by atomic mass is 19.1. The Labute approximate surface area is 125 Å². The number of amides is 1. The second-order valence-electron chi connectivity index (χ2n) is 5.91. The van der Waals surface area contributed by atoms with Crippen LogP contribution in [0.25, 0.3) is 0 Å². The van der Waals surface area contributed by atoms with Crippen molar-refractivity contribution in [2.75, 3.05) is 26.2 Å². The molecule has 1 unspecified atom stereocenters. The van der Waals surface area contributed by atoms with Crippen molar-refractivity contribution in [2.45, 2.75) is 26.3 Å². The van der Waals surface area contributed by atoms with E-state index < -0.39 is 5.91 Å². The van der Waals surface area contributed by atoms with Crippen LogP contribution in [0.5, 0.6) is 0 Å². The minimum Gasteiger partial charge on any atom is -0.366 e. The summed E-state index contributed by atoms with van der Waals surface area (Å²) in [6, 6.07) is 4.23. The summed E-state index contributed by atoms with van der Waals surface area (Å²) >= 11 is 0. The van der Waals surface area contributed by atoms with Gasteiger partial charge in [0.1, 0.15) is 5.82 Å². The second kappa shape index (κ2) is 7.52. The zero-order valence-corrected chi connectivity index (χ0v) is 12.6. The van der Waals surface area contributed by atoms with Crippen LogP contribution in [-0.2, 0) is 6.54 Å². The summed E-state index contributed by atoms with van der Waals surface area (Å²) < 4.78 is 13.7. The summed E-state index contributed by atoms with van der Waals surface area (Å²) in [6.07, 6.45) is 2.59. The van der Waals surface area contributed by atoms with E-state index in [0.717, 1.165) is 13.1 Å². The minimum absolute atomic E-state index is 0.306. The average Bonchev–Trinajstić information content (AvgIpc) is 2.93. The van der Waals surface area contributed by atoms with Gasteiger partial charge in [-0.25, -0.2) is 4.39 Å². The van der Waals surface area contributed by atoms with Gasteiger partial charge < -0.3 is 16.0 Å². The summed E-state index contributed by atoms with van der Waals surface area (Å²) in [5.74, 6) is -0.316. The number of primary amides is 1. The Morgan fingerprint density at radius 3 is 2.81 bits per heavy atom. The van der Waals surface area contributed by atoms with Crippen molar-refractivity contribution >= 4 is 5.91 Å². The fourth-order valence-corrected chi connectivity index (χ4v) is 2.79. The lowest BCUT2D eigenvalue weighted by Crippen LogP contribution is -2.31. The number of hydrogen-bond donors (Lipinski definition) is 2. The largest absolute Gasteiger partial charge is 0.366 e. The molecule has 5 heteroatoms. The van der Waals surface area contributed by atoms with Gasteiger partial charge in [0.05, 0.1) is 0 Å². The van der Waals surface area contributed by atoms with Gasteiger partial charge >= 0.3 is 0 Å². The first-order chi connectivity index (χ1) is 10.1. The molecule has 1 heterocycles. The highest BCUT2D eigenvalue weighted by Gasteiger charge is 2.14. The summed E-state index contributed by atoms with van der Waals surface area (Å²) in [4.78, 5) is 13.6. The molecule has 0 radical (unpaired) electrons. The standard InChI is InChI=1S/C16H24FN3O/c1-12(11-20-6-2-3-7-20)9-19-10-14-8-13(16(18)21)4-5-15(14)17/h4-5,8,12,19H,2-3,6-7,9-11H2,1H3,(H2,18,21). The van der Waals surface area contributed by atoms with Gasteiger partial charge in [0.25, 0.3) is 0 Å². The topological polar surface area (TPSA) is 58.4 Å². The number of hydrogen-bond acceptors (Lipinski definition) is 3. The molecule has 0 aliphatic carbocycles. The molecule has 1 fully saturated rings. The molecule has 1 aromatic carbocycles. The quantitative estimate of drug-likeness (QED) is 0.805. The predicted molar refractivity (Wildman–Crippen MR) is 81.5 cm³/mol. The molecule has 1 saturated heterocycles. The van der Waals surface area contributed by atoms with E-state index in [0.29, 0.717) is 23.6 Å². The Bertz CT molecular complexity index is 486. The minimum atomic E-state index is -0.529. The van der Waals surface area contributed by atoms with Crippen LogP contribution in [0, 0.1) is 11.7 Å². The van der Waals surface area contributed by atoms with Crippen molar-refractivity contribution in [1.82, 2.24) is 10.2 Å². The third-order valence-corrected chi connectivity index (χ3v) is 3.91. The van der Waals surface area contributed by atoms with E-state index in [1.165, 1.54) is 44.1 Å². The number of carbonyl (C=O) groups excluding carboxylic acids is 1. The van der Waals surface area contributed by atoms with Gasteiger partial charge in [-0.1, -0.05) is 6.92 Å². The van der Waals surface area contributed by atoms with Crippen molar-refractivity contribution in [2.24, 2.45) is 11.7 Å². The van der Waals surface area contributed by atoms with Gasteiger partial charge in [-0.05, 0) is 56.6 Å². The van der Waals surface area contributed by atoms with Crippen molar-refractivity contribution in [1.29, 1.82) is 0 Å². The number of nitrogens with one attached hydrogen (secondary N) is 1. The van der Waals surface area contributed by atoms with Crippen LogP contribution in [0.1, 0.15) is 35.7 Å². The number of nitrogens with zero attached hydrogens (tertiary/aromatic N) is 1. The molecule has 116 valence electrons. The molecular formula is C16H24FN3O. The zero-order valence-electron chi connectivity index (χ0n) is 12.6. The Kier molecular flexibility index (Phi) is 5.70. The van der Waals surface area contributed by atoms with Crippen LogP contribution < -0.4 is 11.1 Å². The Balaban J connectivity index is 1.79. The van der Waals surface area contributed by atoms with E-state index >= 15 is 0 Å². The smallest absolute Gasteiger partial charge is 0.248 e. The van der Waals surface area contributed by atoms with Crippen LogP contribution in [0.2, 0.25) is 0 Å². The monoisotopic (exact) mass is 293 g/mol. The van der Waals surface area contributed by atoms with Crippen LogP contribution >= 0.6 is 0 Å². The third-order valence-electron chi connectivity index (χ3n) is 3.91. The highest BCUT2D eigenvalue weighted by molar-refractivity contribution is 5.92. The molecule has 4 nitrogen and oxygen atoms in total. The maximum absolute atomic E-state index is 13.7. The van der Waals surface area contributed by atoms with Gasteiger partial charge in [-0.2, -0.15) is 0 Å². The number of halogens is 1. The number of carbonyl (C=O) groups is 1. The van der Waals surface area contributed by atoms with E-state index in [1.807, 2.05) is 0 Å². The molecule has 1 amide bonds. The van der Waals surface area contributed by atoms with Crippen LogP contribution in [0.15, 0.2) is 18.2 Å². The fraction of sp³-hybridized carbons (Fsp3) is 0.562. The summed E-state index contributed by atoms with van der Waals surface area (Å²) in [5.41, 5.74) is 6.05. The van der Waals surface area contributed by atoms with Crippen molar-refractivity contribution in [3.05, 3.63) is 35.1 Å². The normalized spacial score (nSPS) is 17.0. The molecule has 2 rings (SSSR count). The van der Waals surface area contributed by atoms with Crippen LogP contribution in [0.4, 0.5) is 4.39 Å². The van der Waals surface area contributed by atoms with E-state index in [2.05, 4.69) is 17.1 Å². The number of likely N-dealkylation sites (tertiary alicyclic amines) is 1. The average molecular weight is 293 g/mol. The van der Waals surface area contributed by atoms with Crippen LogP contribution in [0.3, 0.4) is 0 Å². The van der Waals surface area contributed by atoms with Gasteiger partial charge in [-0.3, -0.25) is 4.79 Å². The number of rotatable bonds is 7. The summed E-state index contributed by atoms with van der Waals surface area (Å²) in [7, 11) is 0. The lowest BCUT2D eigenvalue weighted by Gasteiger charge is -2.20. The molecule has 0 aromatic heterocycles. The maximum atomic E-state index is 13.7. The predicted octanol–water partition coefficient (Wildman–Crippen LogP) is 1.75. The third kappa shape index (κ3) is 4.79. The van der Waals surface area contributed by atoms with E-state index in [-0.39, 0.29) is 5.82 Å². The highest BCUT2D eigenvalue weighted by Crippen LogP contribution is 2.12. The zero-order chi connectivity index (χ0) is 15.2. The number of nitrogens with two attached hydrogens (primary N) is 1. The fourth-order valence-electron chi connectivity index (χ4n) is 2.79. The van der Waals surface area contributed by atoms with Gasteiger partial charge in [-0.15, -0.1) is 0 Å². The van der Waals surface area contributed by atoms with Gasteiger partial charge in [0.15, 0.2) is 0 Å². The van der Waals surface area contributed by atoms with E-state index in [1.54, 1.807) is 0 Å². The maximum Gasteiger partial charge on any atom is 0.248 e. The Hall–Kier alpha value is -1.46. The first-order valence-electron chi connectivity index (χ1n) is 7.57. The molecule has 0 spiro atoms. The first-order valence-corrected chi connectivity index (χ1v) is 7.57. The van der Waals surface area contributed by atoms with E-state index in [4.69, 9.17) is 5.73 Å². The molecule has 1 aromatic rings. The van der Waals surface area contributed by atoms with Gasteiger partial charge in [0.2, 0.25) is 5.91 Å². The Morgan fingerprint density at radius 1 is 1.43 bits per heavy atom. The molecule has 3 N–H and O–H groups in total. The molecule has 0 bridgehead atoms. The molecule has 1 aliphatic heterocycles. The van der Waals surface area contributed by atoms with Crippen molar-refractivity contribution in [3.63, 3.8) is 0 Å².